The van der Waals surface area contributed by atoms with Crippen LogP contribution in [0.4, 0.5) is 17.8 Å². The number of hydrogen-bond donors (Lipinski definition) is 5. The van der Waals surface area contributed by atoms with Crippen molar-refractivity contribution in [3.05, 3.63) is 53.6 Å². The smallest absolute Gasteiger partial charge is 0.247 e. The van der Waals surface area contributed by atoms with Gasteiger partial charge in [0.2, 0.25) is 29.7 Å². The number of carbonyl (C=O) groups excluding carboxylic acids is 2. The van der Waals surface area contributed by atoms with Gasteiger partial charge in [0.05, 0.1) is 44.4 Å². The van der Waals surface area contributed by atoms with E-state index in [2.05, 4.69) is 55.6 Å². The average molecular weight is 958 g/mol. The van der Waals surface area contributed by atoms with E-state index in [1.165, 1.54) is 0 Å². The second kappa shape index (κ2) is 26.8. The van der Waals surface area contributed by atoms with Crippen LogP contribution in [0.15, 0.2) is 41.7 Å². The predicted molar refractivity (Wildman–Crippen MR) is 256 cm³/mol. The molecule has 6 rings (SSSR count). The number of aromatic nitrogens is 9. The summed E-state index contributed by atoms with van der Waals surface area (Å²) in [5.74, 6) is 3.75. The van der Waals surface area contributed by atoms with Crippen molar-refractivity contribution in [2.24, 2.45) is 22.4 Å². The van der Waals surface area contributed by atoms with Gasteiger partial charge < -0.3 is 60.8 Å². The number of aliphatic hydroxyl groups excluding tert-OH is 1. The van der Waals surface area contributed by atoms with Crippen LogP contribution in [0.2, 0.25) is 0 Å². The molecule has 2 aliphatic heterocycles. The van der Waals surface area contributed by atoms with Crippen LogP contribution in [0.1, 0.15) is 55.7 Å². The number of carbonyl (C=O) groups is 2. The van der Waals surface area contributed by atoms with E-state index in [4.69, 9.17) is 47.1 Å². The molecule has 7 N–H and O–H groups in total. The lowest BCUT2D eigenvalue weighted by atomic mass is 9.97. The Bertz CT molecular complexity index is 2270. The lowest BCUT2D eigenvalue weighted by Gasteiger charge is -2.38. The molecule has 374 valence electrons. The lowest BCUT2D eigenvalue weighted by molar-refractivity contribution is -0.137. The summed E-state index contributed by atoms with van der Waals surface area (Å²) in [4.78, 5) is 55.0. The molecule has 69 heavy (non-hydrogen) atoms. The van der Waals surface area contributed by atoms with Crippen molar-refractivity contribution < 1.29 is 34.0 Å². The minimum absolute atomic E-state index is 0.00925. The molecule has 5 heterocycles. The fourth-order valence-corrected chi connectivity index (χ4v) is 7.89. The van der Waals surface area contributed by atoms with Gasteiger partial charge in [-0.3, -0.25) is 14.6 Å². The molecule has 2 amide bonds. The number of terminal acetylenes is 1. The minimum atomic E-state index is -0.699. The lowest BCUT2D eigenvalue weighted by Crippen LogP contribution is -2.52. The van der Waals surface area contributed by atoms with E-state index in [9.17, 15) is 19.8 Å². The number of phenols is 1. The molecule has 0 radical (unpaired) electrons. The molecule has 3 aromatic heterocycles. The largest absolute Gasteiger partial charge is 0.508 e. The standard InChI is InChI=1S/C45H67N17O7/c1-4-24-67-26-28-69-29-27-68-25-14-49-43-50-44(59-19-15-57(16-20-59)40(65)38(30-34-8-10-37(64)11-9-34)61-31-36(12-23-63)54-55-61)52-45(51-43)60-21-17-58(18-22-60)41(66)39(33(3)5-2)62-32-35(53-56-62)7-6-13-48-42(46)47/h1,8-11,31-33,38-39,63-64H,5-7,12-30H2,2-3H3,(H4,46,47,48)(H,49,50,51,52)/t33-,38-,39-/m0/s1. The third kappa shape index (κ3) is 15.4. The van der Waals surface area contributed by atoms with Crippen molar-refractivity contribution in [1.29, 1.82) is 0 Å². The fourth-order valence-electron chi connectivity index (χ4n) is 7.89. The maximum Gasteiger partial charge on any atom is 0.247 e. The SMILES string of the molecule is C#CCOCCOCCOCCNc1nc(N2CCN(C(=O)[C@H]([C@@H](C)CC)n3cc(CCCN=C(N)N)nn3)CC2)nc(N2CCN(C(=O)[C@H](Cc3ccc(O)cc3)n3cc(CCO)nn3)CC2)n1. The van der Waals surface area contributed by atoms with Crippen molar-refractivity contribution in [3.8, 4) is 18.1 Å². The molecule has 24 heteroatoms. The Kier molecular flexibility index (Phi) is 20.0. The molecule has 4 aromatic rings. The third-order valence-corrected chi connectivity index (χ3v) is 11.9. The third-order valence-electron chi connectivity index (χ3n) is 11.9. The highest BCUT2D eigenvalue weighted by Crippen LogP contribution is 2.26. The van der Waals surface area contributed by atoms with E-state index in [-0.39, 0.29) is 42.7 Å². The number of aliphatic imine (C=N–C) groups is 1. The Labute approximate surface area is 402 Å². The second-order valence-corrected chi connectivity index (χ2v) is 16.8. The van der Waals surface area contributed by atoms with Gasteiger partial charge in [0.1, 0.15) is 24.4 Å². The number of nitrogens with zero attached hydrogens (tertiary/aromatic N) is 14. The van der Waals surface area contributed by atoms with E-state index < -0.39 is 12.1 Å². The fraction of sp³-hybridized carbons (Fsp3) is 0.600. The summed E-state index contributed by atoms with van der Waals surface area (Å²) in [6, 6.07) is 5.52. The summed E-state index contributed by atoms with van der Waals surface area (Å²) in [5, 5.41) is 39.8. The van der Waals surface area contributed by atoms with E-state index >= 15 is 0 Å². The summed E-state index contributed by atoms with van der Waals surface area (Å²) in [5.41, 5.74) is 13.1. The summed E-state index contributed by atoms with van der Waals surface area (Å²) < 4.78 is 19.8. The Balaban J connectivity index is 1.12. The molecule has 2 saturated heterocycles. The molecule has 0 unspecified atom stereocenters. The number of piperazine rings is 2. The van der Waals surface area contributed by atoms with Crippen LogP contribution >= 0.6 is 0 Å². The zero-order valence-electron chi connectivity index (χ0n) is 39.7. The molecule has 24 nitrogen and oxygen atoms in total. The molecule has 0 bridgehead atoms. The average Bonchev–Trinajstić information content (AvgIpc) is 4.04. The van der Waals surface area contributed by atoms with E-state index in [0.717, 1.165) is 17.7 Å². The summed E-state index contributed by atoms with van der Waals surface area (Å²) in [6.07, 6.45) is 11.5. The van der Waals surface area contributed by atoms with E-state index in [1.54, 1.807) is 44.7 Å². The van der Waals surface area contributed by atoms with Crippen LogP contribution in [0.5, 0.6) is 5.75 Å². The maximum atomic E-state index is 14.3. The second-order valence-electron chi connectivity index (χ2n) is 16.8. The number of aliphatic hydroxyl groups is 1. The van der Waals surface area contributed by atoms with Gasteiger partial charge in [0, 0.05) is 97.3 Å². The van der Waals surface area contributed by atoms with Crippen molar-refractivity contribution in [3.63, 3.8) is 0 Å². The molecule has 0 aliphatic carbocycles. The number of phenolic OH excluding ortho intramolecular Hbond substituents is 1. The minimum Gasteiger partial charge on any atom is -0.508 e. The number of benzene rings is 1. The Morgan fingerprint density at radius 3 is 2.00 bits per heavy atom. The van der Waals surface area contributed by atoms with Gasteiger partial charge in [0.15, 0.2) is 5.96 Å². The monoisotopic (exact) mass is 958 g/mol. The predicted octanol–water partition coefficient (Wildman–Crippen LogP) is -0.335. The molecule has 0 saturated carbocycles. The number of nitrogens with one attached hydrogen (secondary N) is 1. The molecular formula is C45H67N17O7. The highest BCUT2D eigenvalue weighted by atomic mass is 16.5. The molecule has 1 aromatic carbocycles. The molecule has 0 spiro atoms. The van der Waals surface area contributed by atoms with Gasteiger partial charge >= 0.3 is 0 Å². The van der Waals surface area contributed by atoms with Gasteiger partial charge in [-0.15, -0.1) is 16.6 Å². The highest BCUT2D eigenvalue weighted by molar-refractivity contribution is 5.81. The highest BCUT2D eigenvalue weighted by Gasteiger charge is 2.35. The number of amides is 2. The van der Waals surface area contributed by atoms with Crippen LogP contribution in [0.25, 0.3) is 0 Å². The van der Waals surface area contributed by atoms with E-state index in [0.29, 0.717) is 148 Å². The van der Waals surface area contributed by atoms with Crippen LogP contribution < -0.4 is 26.6 Å². The number of ether oxygens (including phenoxy) is 3. The Morgan fingerprint density at radius 1 is 0.812 bits per heavy atom. The summed E-state index contributed by atoms with van der Waals surface area (Å²) >= 11 is 0. The normalized spacial score (nSPS) is 15.4. The number of aryl methyl sites for hydroxylation is 1. The van der Waals surface area contributed by atoms with Gasteiger partial charge in [-0.05, 0) is 36.5 Å². The summed E-state index contributed by atoms with van der Waals surface area (Å²) in [6.45, 7) is 10.7. The quantitative estimate of drug-likeness (QED) is 0.0221. The molecule has 2 fully saturated rings. The van der Waals surface area contributed by atoms with E-state index in [1.807, 2.05) is 16.0 Å². The van der Waals surface area contributed by atoms with Crippen molar-refractivity contribution in [1.82, 2.24) is 54.7 Å². The van der Waals surface area contributed by atoms with Gasteiger partial charge in [-0.25, -0.2) is 9.36 Å². The first-order valence-corrected chi connectivity index (χ1v) is 23.6. The molecule has 2 aliphatic rings. The number of aromatic hydroxyl groups is 1. The zero-order valence-corrected chi connectivity index (χ0v) is 39.7. The first-order valence-electron chi connectivity index (χ1n) is 23.6. The topological polar surface area (TPSA) is 292 Å². The number of anilines is 3. The first-order chi connectivity index (χ1) is 33.6. The summed E-state index contributed by atoms with van der Waals surface area (Å²) in [7, 11) is 0. The molecule has 3 atom stereocenters. The maximum absolute atomic E-state index is 14.3. The van der Waals surface area contributed by atoms with Crippen molar-refractivity contribution >= 4 is 35.6 Å². The number of nitrogens with two attached hydrogens (primary N) is 2. The number of hydrogen-bond acceptors (Lipinski definition) is 18. The van der Waals surface area contributed by atoms with Crippen LogP contribution in [-0.4, -0.2) is 194 Å². The van der Waals surface area contributed by atoms with Gasteiger partial charge in [-0.2, -0.15) is 15.0 Å². The van der Waals surface area contributed by atoms with Crippen LogP contribution in [0.3, 0.4) is 0 Å². The Morgan fingerprint density at radius 2 is 1.39 bits per heavy atom. The Hall–Kier alpha value is -6.68. The van der Waals surface area contributed by atoms with Crippen LogP contribution in [-0.2, 0) is 43.1 Å². The van der Waals surface area contributed by atoms with Crippen molar-refractivity contribution in [2.75, 3.05) is 127 Å². The number of rotatable bonds is 27. The van der Waals surface area contributed by atoms with Crippen molar-refractivity contribution in [2.45, 2.75) is 58.0 Å². The zero-order chi connectivity index (χ0) is 49.0. The molecular weight excluding hydrogens is 891 g/mol. The van der Waals surface area contributed by atoms with Crippen LogP contribution in [0, 0.1) is 18.3 Å². The van der Waals surface area contributed by atoms with Gasteiger partial charge in [-0.1, -0.05) is 48.7 Å². The van der Waals surface area contributed by atoms with Gasteiger partial charge in [0.25, 0.3) is 0 Å². The first kappa shape index (κ1) is 51.7. The number of guanidine groups is 1.